The second kappa shape index (κ2) is 8.60. The van der Waals surface area contributed by atoms with Gasteiger partial charge in [-0.05, 0) is 40.3 Å². The van der Waals surface area contributed by atoms with Crippen LogP contribution in [0.5, 0.6) is 0 Å². The summed E-state index contributed by atoms with van der Waals surface area (Å²) < 4.78 is 27.9. The number of benzene rings is 2. The topological polar surface area (TPSA) is 57.7 Å². The number of sulfonamides is 1. The molecule has 2 aromatic carbocycles. The second-order valence-corrected chi connectivity index (χ2v) is 9.57. The van der Waals surface area contributed by atoms with Crippen molar-refractivity contribution in [3.8, 4) is 0 Å². The van der Waals surface area contributed by atoms with Gasteiger partial charge in [0.05, 0.1) is 12.3 Å². The minimum Gasteiger partial charge on any atom is -0.293 e. The van der Waals surface area contributed by atoms with Crippen LogP contribution in [0.1, 0.15) is 15.9 Å². The molecule has 0 aromatic heterocycles. The molecular formula is C19H21IN2O3S. The average molecular weight is 484 g/mol. The van der Waals surface area contributed by atoms with Crippen LogP contribution in [0.2, 0.25) is 0 Å². The van der Waals surface area contributed by atoms with Crippen molar-refractivity contribution in [2.75, 3.05) is 32.7 Å². The molecule has 5 nitrogen and oxygen atoms in total. The van der Waals surface area contributed by atoms with Crippen LogP contribution in [0.25, 0.3) is 0 Å². The number of hydrogen-bond donors (Lipinski definition) is 0. The van der Waals surface area contributed by atoms with Gasteiger partial charge in [0.2, 0.25) is 10.0 Å². The fraction of sp³-hybridized carbons (Fsp3) is 0.316. The number of nitrogens with zero attached hydrogens (tertiary/aromatic N) is 2. The SMILES string of the molecule is O=C(CN1CCN(S(=O)(=O)Cc2cccc(I)c2)CC1)c1ccccc1. The number of carbonyl (C=O) groups is 1. The molecule has 1 aliphatic rings. The standard InChI is InChI=1S/C19H21IN2O3S/c20-18-8-4-5-16(13-18)15-26(24,25)22-11-9-21(10-12-22)14-19(23)17-6-2-1-3-7-17/h1-8,13H,9-12,14-15H2. The Kier molecular flexibility index (Phi) is 6.44. The Morgan fingerprint density at radius 1 is 0.962 bits per heavy atom. The van der Waals surface area contributed by atoms with E-state index in [9.17, 15) is 13.2 Å². The average Bonchev–Trinajstić information content (AvgIpc) is 2.62. The summed E-state index contributed by atoms with van der Waals surface area (Å²) in [4.78, 5) is 14.3. The Labute approximate surface area is 168 Å². The lowest BCUT2D eigenvalue weighted by molar-refractivity contribution is 0.0901. The van der Waals surface area contributed by atoms with Crippen molar-refractivity contribution in [1.29, 1.82) is 0 Å². The summed E-state index contributed by atoms with van der Waals surface area (Å²) >= 11 is 2.18. The van der Waals surface area contributed by atoms with Crippen molar-refractivity contribution in [3.63, 3.8) is 0 Å². The van der Waals surface area contributed by atoms with Gasteiger partial charge >= 0.3 is 0 Å². The van der Waals surface area contributed by atoms with Gasteiger partial charge in [0, 0.05) is 35.3 Å². The molecule has 0 radical (unpaired) electrons. The predicted molar refractivity (Wildman–Crippen MR) is 111 cm³/mol. The molecule has 0 aliphatic carbocycles. The van der Waals surface area contributed by atoms with Crippen molar-refractivity contribution in [1.82, 2.24) is 9.21 Å². The third kappa shape index (κ3) is 5.12. The van der Waals surface area contributed by atoms with Crippen LogP contribution in [0.15, 0.2) is 54.6 Å². The van der Waals surface area contributed by atoms with Crippen LogP contribution in [-0.2, 0) is 15.8 Å². The van der Waals surface area contributed by atoms with Crippen molar-refractivity contribution >= 4 is 38.4 Å². The van der Waals surface area contributed by atoms with E-state index in [1.54, 1.807) is 0 Å². The van der Waals surface area contributed by atoms with Gasteiger partial charge in [0.1, 0.15) is 0 Å². The van der Waals surface area contributed by atoms with E-state index in [1.807, 2.05) is 59.5 Å². The van der Waals surface area contributed by atoms with Crippen LogP contribution in [-0.4, -0.2) is 56.1 Å². The van der Waals surface area contributed by atoms with E-state index >= 15 is 0 Å². The molecule has 0 unspecified atom stereocenters. The van der Waals surface area contributed by atoms with Crippen molar-refractivity contribution in [2.24, 2.45) is 0 Å². The first kappa shape index (κ1) is 19.5. The van der Waals surface area contributed by atoms with Crippen LogP contribution < -0.4 is 0 Å². The maximum absolute atomic E-state index is 12.7. The minimum absolute atomic E-state index is 0.0206. The molecule has 26 heavy (non-hydrogen) atoms. The zero-order valence-corrected chi connectivity index (χ0v) is 17.3. The zero-order chi connectivity index (χ0) is 18.6. The maximum Gasteiger partial charge on any atom is 0.218 e. The van der Waals surface area contributed by atoms with Gasteiger partial charge in [-0.1, -0.05) is 42.5 Å². The number of piperazine rings is 1. The van der Waals surface area contributed by atoms with E-state index in [2.05, 4.69) is 22.6 Å². The van der Waals surface area contributed by atoms with Crippen LogP contribution >= 0.6 is 22.6 Å². The Balaban J connectivity index is 1.55. The van der Waals surface area contributed by atoms with Gasteiger partial charge in [0.15, 0.2) is 5.78 Å². The van der Waals surface area contributed by atoms with E-state index in [1.165, 1.54) is 4.31 Å². The molecule has 138 valence electrons. The summed E-state index contributed by atoms with van der Waals surface area (Å²) in [6.07, 6.45) is 0. The number of carbonyl (C=O) groups excluding carboxylic acids is 1. The second-order valence-electron chi connectivity index (χ2n) is 6.35. The predicted octanol–water partition coefficient (Wildman–Crippen LogP) is 2.62. The maximum atomic E-state index is 12.7. The summed E-state index contributed by atoms with van der Waals surface area (Å²) in [7, 11) is -3.34. The minimum atomic E-state index is -3.34. The highest BCUT2D eigenvalue weighted by Crippen LogP contribution is 2.16. The molecule has 0 spiro atoms. The smallest absolute Gasteiger partial charge is 0.218 e. The molecule has 0 amide bonds. The monoisotopic (exact) mass is 484 g/mol. The summed E-state index contributed by atoms with van der Waals surface area (Å²) in [5.74, 6) is 0.0908. The third-order valence-corrected chi connectivity index (χ3v) is 6.95. The molecule has 1 saturated heterocycles. The van der Waals surface area contributed by atoms with E-state index in [0.29, 0.717) is 38.3 Å². The van der Waals surface area contributed by atoms with Crippen molar-refractivity contribution < 1.29 is 13.2 Å². The Morgan fingerprint density at radius 2 is 1.65 bits per heavy atom. The van der Waals surface area contributed by atoms with E-state index in [4.69, 9.17) is 0 Å². The molecule has 0 N–H and O–H groups in total. The molecule has 1 heterocycles. The van der Waals surface area contributed by atoms with Gasteiger partial charge in [-0.15, -0.1) is 0 Å². The third-order valence-electron chi connectivity index (χ3n) is 4.43. The quantitative estimate of drug-likeness (QED) is 0.468. The fourth-order valence-corrected chi connectivity index (χ4v) is 5.12. The molecule has 2 aromatic rings. The number of rotatable bonds is 6. The summed E-state index contributed by atoms with van der Waals surface area (Å²) in [5.41, 5.74) is 1.50. The number of ketones is 1. The summed E-state index contributed by atoms with van der Waals surface area (Å²) in [6, 6.07) is 16.8. The molecule has 7 heteroatoms. The van der Waals surface area contributed by atoms with Crippen LogP contribution in [0.3, 0.4) is 0 Å². The molecule has 1 aliphatic heterocycles. The molecule has 3 rings (SSSR count). The van der Waals surface area contributed by atoms with E-state index < -0.39 is 10.0 Å². The lowest BCUT2D eigenvalue weighted by Gasteiger charge is -2.33. The first-order chi connectivity index (χ1) is 12.4. The summed E-state index contributed by atoms with van der Waals surface area (Å²) in [5, 5.41) is 0. The normalized spacial score (nSPS) is 16.5. The van der Waals surface area contributed by atoms with Gasteiger partial charge in [0.25, 0.3) is 0 Å². The van der Waals surface area contributed by atoms with Gasteiger partial charge in [-0.25, -0.2) is 8.42 Å². The van der Waals surface area contributed by atoms with Gasteiger partial charge < -0.3 is 0 Å². The lowest BCUT2D eigenvalue weighted by atomic mass is 10.1. The molecule has 1 fully saturated rings. The van der Waals surface area contributed by atoms with Gasteiger partial charge in [-0.3, -0.25) is 9.69 Å². The van der Waals surface area contributed by atoms with Crippen molar-refractivity contribution in [2.45, 2.75) is 5.75 Å². The largest absolute Gasteiger partial charge is 0.293 e. The van der Waals surface area contributed by atoms with E-state index in [-0.39, 0.29) is 11.5 Å². The van der Waals surface area contributed by atoms with Crippen LogP contribution in [0, 0.1) is 3.57 Å². The first-order valence-electron chi connectivity index (χ1n) is 8.47. The zero-order valence-electron chi connectivity index (χ0n) is 14.3. The number of hydrogen-bond acceptors (Lipinski definition) is 4. The van der Waals surface area contributed by atoms with Crippen molar-refractivity contribution in [3.05, 3.63) is 69.3 Å². The van der Waals surface area contributed by atoms with E-state index in [0.717, 1.165) is 9.13 Å². The highest BCUT2D eigenvalue weighted by Gasteiger charge is 2.27. The first-order valence-corrected chi connectivity index (χ1v) is 11.2. The number of halogens is 1. The Bertz CT molecular complexity index is 863. The van der Waals surface area contributed by atoms with Crippen LogP contribution in [0.4, 0.5) is 0 Å². The molecule has 0 bridgehead atoms. The fourth-order valence-electron chi connectivity index (χ4n) is 3.01. The lowest BCUT2D eigenvalue weighted by Crippen LogP contribution is -2.50. The summed E-state index contributed by atoms with van der Waals surface area (Å²) in [6.45, 7) is 2.33. The Hall–Kier alpha value is -1.29. The molecule has 0 saturated carbocycles. The molecular weight excluding hydrogens is 463 g/mol. The Morgan fingerprint density at radius 3 is 2.31 bits per heavy atom. The molecule has 0 atom stereocenters. The highest BCUT2D eigenvalue weighted by molar-refractivity contribution is 14.1. The van der Waals surface area contributed by atoms with Gasteiger partial charge in [-0.2, -0.15) is 4.31 Å². The highest BCUT2D eigenvalue weighted by atomic mass is 127. The number of Topliss-reactive ketones (excluding diaryl/α,β-unsaturated/α-hetero) is 1.